The third-order valence-corrected chi connectivity index (χ3v) is 2.82. The summed E-state index contributed by atoms with van der Waals surface area (Å²) in [7, 11) is 0. The second-order valence-electron chi connectivity index (χ2n) is 4.06. The van der Waals surface area contributed by atoms with Crippen molar-refractivity contribution in [1.29, 1.82) is 0 Å². The average molecular weight is 195 g/mol. The monoisotopic (exact) mass is 195 g/mol. The maximum Gasteiger partial charge on any atom is 0.0175 e. The molecule has 0 unspecified atom stereocenters. The second-order valence-corrected chi connectivity index (χ2v) is 4.06. The molecule has 2 rings (SSSR count). The number of hydrogen-bond donors (Lipinski definition) is 0. The molecule has 0 atom stereocenters. The predicted molar refractivity (Wildman–Crippen MR) is 64.7 cm³/mol. The largest absolute Gasteiger partial charge is 0.0622 e. The smallest absolute Gasteiger partial charge is 0.0175 e. The molecule has 0 heteroatoms. The van der Waals surface area contributed by atoms with Gasteiger partial charge in [0.25, 0.3) is 0 Å². The Hall–Kier alpha value is -1.56. The molecule has 0 fully saturated rings. The Morgan fingerprint density at radius 3 is 1.40 bits per heavy atom. The molecule has 0 aliphatic rings. The van der Waals surface area contributed by atoms with Crippen LogP contribution in [0.3, 0.4) is 0 Å². The second kappa shape index (κ2) is 3.90. The molecule has 0 aromatic heterocycles. The Labute approximate surface area is 91.6 Å². The number of rotatable bonds is 2. The van der Waals surface area contributed by atoms with E-state index in [-0.39, 0.29) is 5.41 Å². The van der Waals surface area contributed by atoms with Gasteiger partial charge in [0.15, 0.2) is 0 Å². The third kappa shape index (κ3) is 1.94. The van der Waals surface area contributed by atoms with E-state index in [0.717, 1.165) is 0 Å². The van der Waals surface area contributed by atoms with Crippen LogP contribution in [0.15, 0.2) is 60.7 Å². The van der Waals surface area contributed by atoms with E-state index in [1.807, 2.05) is 12.1 Å². The average Bonchev–Trinajstić information content (AvgIpc) is 2.31. The van der Waals surface area contributed by atoms with Crippen molar-refractivity contribution < 1.29 is 0 Å². The minimum atomic E-state index is -0.164. The molecule has 0 saturated carbocycles. The summed E-state index contributed by atoms with van der Waals surface area (Å²) in [5.74, 6) is 0. The molecule has 0 bridgehead atoms. The summed E-state index contributed by atoms with van der Waals surface area (Å²) < 4.78 is 0. The molecule has 0 N–H and O–H groups in total. The first kappa shape index (κ1) is 9.97. The van der Waals surface area contributed by atoms with Gasteiger partial charge in [-0.1, -0.05) is 67.6 Å². The molecular formula is C15H15. The molecule has 75 valence electrons. The van der Waals surface area contributed by atoms with Gasteiger partial charge in [0, 0.05) is 5.41 Å². The van der Waals surface area contributed by atoms with Crippen LogP contribution in [-0.4, -0.2) is 0 Å². The van der Waals surface area contributed by atoms with Gasteiger partial charge >= 0.3 is 0 Å². The normalized spacial score (nSPS) is 11.3. The van der Waals surface area contributed by atoms with Crippen LogP contribution in [0, 0.1) is 6.92 Å². The SMILES string of the molecule is [CH2]C(C)(c1ccccc1)c1ccccc1. The molecule has 0 amide bonds. The first-order valence-electron chi connectivity index (χ1n) is 5.17. The summed E-state index contributed by atoms with van der Waals surface area (Å²) >= 11 is 0. The molecular weight excluding hydrogens is 180 g/mol. The molecule has 0 heterocycles. The highest BCUT2D eigenvalue weighted by Gasteiger charge is 2.22. The highest BCUT2D eigenvalue weighted by atomic mass is 14.2. The minimum absolute atomic E-state index is 0.164. The van der Waals surface area contributed by atoms with Crippen molar-refractivity contribution in [3.8, 4) is 0 Å². The van der Waals surface area contributed by atoms with E-state index in [2.05, 4.69) is 62.4 Å². The Kier molecular flexibility index (Phi) is 2.59. The van der Waals surface area contributed by atoms with E-state index in [1.54, 1.807) is 0 Å². The van der Waals surface area contributed by atoms with Crippen LogP contribution in [0.25, 0.3) is 0 Å². The molecule has 2 aromatic rings. The van der Waals surface area contributed by atoms with Crippen LogP contribution >= 0.6 is 0 Å². The minimum Gasteiger partial charge on any atom is -0.0622 e. The number of benzene rings is 2. The molecule has 0 nitrogen and oxygen atoms in total. The lowest BCUT2D eigenvalue weighted by Gasteiger charge is -2.25. The van der Waals surface area contributed by atoms with Crippen molar-refractivity contribution in [2.45, 2.75) is 12.3 Å². The van der Waals surface area contributed by atoms with Crippen molar-refractivity contribution >= 4 is 0 Å². The van der Waals surface area contributed by atoms with E-state index in [9.17, 15) is 0 Å². The van der Waals surface area contributed by atoms with Crippen molar-refractivity contribution in [1.82, 2.24) is 0 Å². The fraction of sp³-hybridized carbons (Fsp3) is 0.133. The van der Waals surface area contributed by atoms with Gasteiger partial charge in [-0.3, -0.25) is 0 Å². The molecule has 0 saturated heterocycles. The van der Waals surface area contributed by atoms with Crippen LogP contribution in [0.2, 0.25) is 0 Å². The zero-order valence-electron chi connectivity index (χ0n) is 8.98. The van der Waals surface area contributed by atoms with E-state index < -0.39 is 0 Å². The summed E-state index contributed by atoms with van der Waals surface area (Å²) in [4.78, 5) is 0. The van der Waals surface area contributed by atoms with E-state index in [1.165, 1.54) is 11.1 Å². The highest BCUT2D eigenvalue weighted by molar-refractivity contribution is 5.39. The maximum atomic E-state index is 4.31. The van der Waals surface area contributed by atoms with E-state index >= 15 is 0 Å². The molecule has 15 heavy (non-hydrogen) atoms. The lowest BCUT2D eigenvalue weighted by Crippen LogP contribution is -2.18. The van der Waals surface area contributed by atoms with E-state index in [4.69, 9.17) is 0 Å². The van der Waals surface area contributed by atoms with Crippen LogP contribution in [0.4, 0.5) is 0 Å². The first-order chi connectivity index (χ1) is 7.21. The van der Waals surface area contributed by atoms with Crippen LogP contribution in [0.5, 0.6) is 0 Å². The van der Waals surface area contributed by atoms with Crippen molar-refractivity contribution in [2.24, 2.45) is 0 Å². The van der Waals surface area contributed by atoms with Gasteiger partial charge in [-0.05, 0) is 18.1 Å². The van der Waals surface area contributed by atoms with Gasteiger partial charge < -0.3 is 0 Å². The molecule has 0 spiro atoms. The standard InChI is InChI=1S/C15H15/c1-15(2,13-9-5-3-6-10-13)14-11-7-4-8-12-14/h3-12H,1H2,2H3. The van der Waals surface area contributed by atoms with Crippen molar-refractivity contribution in [3.05, 3.63) is 78.7 Å². The maximum absolute atomic E-state index is 4.31. The summed E-state index contributed by atoms with van der Waals surface area (Å²) in [6, 6.07) is 20.8. The third-order valence-electron chi connectivity index (χ3n) is 2.82. The summed E-state index contributed by atoms with van der Waals surface area (Å²) in [5.41, 5.74) is 2.33. The van der Waals surface area contributed by atoms with Gasteiger partial charge in [0.2, 0.25) is 0 Å². The quantitative estimate of drug-likeness (QED) is 0.683. The lowest BCUT2D eigenvalue weighted by atomic mass is 9.78. The van der Waals surface area contributed by atoms with Gasteiger partial charge in [0.05, 0.1) is 0 Å². The Balaban J connectivity index is 2.44. The fourth-order valence-corrected chi connectivity index (χ4v) is 1.78. The summed E-state index contributed by atoms with van der Waals surface area (Å²) in [6.45, 7) is 6.46. The van der Waals surface area contributed by atoms with Crippen LogP contribution in [-0.2, 0) is 5.41 Å². The molecule has 1 radical (unpaired) electrons. The van der Waals surface area contributed by atoms with Crippen LogP contribution < -0.4 is 0 Å². The van der Waals surface area contributed by atoms with Gasteiger partial charge in [-0.15, -0.1) is 0 Å². The Morgan fingerprint density at radius 1 is 0.733 bits per heavy atom. The summed E-state index contributed by atoms with van der Waals surface area (Å²) in [6.07, 6.45) is 0. The predicted octanol–water partition coefficient (Wildman–Crippen LogP) is 3.83. The topological polar surface area (TPSA) is 0 Å². The molecule has 0 aliphatic carbocycles. The molecule has 2 aromatic carbocycles. The lowest BCUT2D eigenvalue weighted by molar-refractivity contribution is 0.719. The van der Waals surface area contributed by atoms with Crippen LogP contribution in [0.1, 0.15) is 18.1 Å². The Bertz CT molecular complexity index is 371. The van der Waals surface area contributed by atoms with Gasteiger partial charge in [-0.2, -0.15) is 0 Å². The van der Waals surface area contributed by atoms with Crippen molar-refractivity contribution in [3.63, 3.8) is 0 Å². The number of hydrogen-bond acceptors (Lipinski definition) is 0. The van der Waals surface area contributed by atoms with E-state index in [0.29, 0.717) is 0 Å². The van der Waals surface area contributed by atoms with Crippen molar-refractivity contribution in [2.75, 3.05) is 0 Å². The Morgan fingerprint density at radius 2 is 1.07 bits per heavy atom. The van der Waals surface area contributed by atoms with Gasteiger partial charge in [0.1, 0.15) is 0 Å². The first-order valence-corrected chi connectivity index (χ1v) is 5.17. The fourth-order valence-electron chi connectivity index (χ4n) is 1.78. The van der Waals surface area contributed by atoms with Gasteiger partial charge in [-0.25, -0.2) is 0 Å². The molecule has 0 aliphatic heterocycles. The highest BCUT2D eigenvalue weighted by Crippen LogP contribution is 2.30. The summed E-state index contributed by atoms with van der Waals surface area (Å²) in [5, 5.41) is 0. The zero-order valence-corrected chi connectivity index (χ0v) is 8.98. The zero-order chi connectivity index (χ0) is 10.7.